The summed E-state index contributed by atoms with van der Waals surface area (Å²) in [4.78, 5) is 21.6. The number of amides is 2. The normalized spacial score (nSPS) is 27.5. The Kier molecular flexibility index (Phi) is 1.51. The predicted octanol–water partition coefficient (Wildman–Crippen LogP) is -0.141. The van der Waals surface area contributed by atoms with E-state index in [1.54, 1.807) is 13.8 Å². The molecule has 5 nitrogen and oxygen atoms in total. The summed E-state index contributed by atoms with van der Waals surface area (Å²) >= 11 is 0. The summed E-state index contributed by atoms with van der Waals surface area (Å²) in [5.74, 6) is -2.09. The number of hydrogen-bond acceptors (Lipinski definition) is 3. The topological polar surface area (TPSA) is 84.9 Å². The van der Waals surface area contributed by atoms with Crippen LogP contribution in [0, 0.1) is 5.92 Å². The van der Waals surface area contributed by atoms with Gasteiger partial charge in [0.15, 0.2) is 0 Å². The van der Waals surface area contributed by atoms with Gasteiger partial charge in [-0.05, 0) is 13.8 Å². The van der Waals surface area contributed by atoms with Gasteiger partial charge < -0.3 is 5.73 Å². The zero-order chi connectivity index (χ0) is 8.65. The summed E-state index contributed by atoms with van der Waals surface area (Å²) in [5.41, 5.74) is 4.22. The van der Waals surface area contributed by atoms with E-state index in [2.05, 4.69) is 10.2 Å². The van der Waals surface area contributed by atoms with Gasteiger partial charge in [0.25, 0.3) is 5.91 Å². The molecule has 0 radical (unpaired) electrons. The van der Waals surface area contributed by atoms with E-state index in [0.717, 1.165) is 0 Å². The monoisotopic (exact) mass is 155 g/mol. The maximum atomic E-state index is 10.9. The zero-order valence-electron chi connectivity index (χ0n) is 6.37. The minimum absolute atomic E-state index is 0.539. The SMILES string of the molecule is CC1(C)N=NC(=O)C1C(N)=O. The molecule has 1 atom stereocenters. The molecular formula is C6H9N3O2. The van der Waals surface area contributed by atoms with Crippen LogP contribution in [0.15, 0.2) is 10.2 Å². The minimum Gasteiger partial charge on any atom is -0.369 e. The quantitative estimate of drug-likeness (QED) is 0.534. The second kappa shape index (κ2) is 2.11. The molecule has 0 aliphatic carbocycles. The van der Waals surface area contributed by atoms with Crippen molar-refractivity contribution in [3.63, 3.8) is 0 Å². The van der Waals surface area contributed by atoms with Crippen molar-refractivity contribution in [2.75, 3.05) is 0 Å². The first kappa shape index (κ1) is 7.84. The van der Waals surface area contributed by atoms with Crippen molar-refractivity contribution in [1.29, 1.82) is 0 Å². The molecule has 1 rings (SSSR count). The summed E-state index contributed by atoms with van der Waals surface area (Å²) in [6.07, 6.45) is 0. The van der Waals surface area contributed by atoms with Gasteiger partial charge in [0.2, 0.25) is 5.91 Å². The summed E-state index contributed by atoms with van der Waals surface area (Å²) in [7, 11) is 0. The highest BCUT2D eigenvalue weighted by molar-refractivity contribution is 6.02. The molecule has 0 saturated carbocycles. The number of rotatable bonds is 1. The Morgan fingerprint density at radius 3 is 2.36 bits per heavy atom. The zero-order valence-corrected chi connectivity index (χ0v) is 6.37. The lowest BCUT2D eigenvalue weighted by Gasteiger charge is -2.16. The Morgan fingerprint density at radius 1 is 1.64 bits per heavy atom. The third-order valence-corrected chi connectivity index (χ3v) is 1.64. The van der Waals surface area contributed by atoms with Crippen molar-refractivity contribution in [1.82, 2.24) is 0 Å². The molecule has 0 bridgehead atoms. The van der Waals surface area contributed by atoms with Gasteiger partial charge in [0.05, 0.1) is 5.54 Å². The standard InChI is InChI=1S/C6H9N3O2/c1-6(2)3(4(7)10)5(11)8-9-6/h3H,1-2H3,(H2,7,10). The molecule has 0 saturated heterocycles. The average Bonchev–Trinajstić information content (AvgIpc) is 2.06. The van der Waals surface area contributed by atoms with Crippen molar-refractivity contribution in [2.24, 2.45) is 21.9 Å². The molecule has 0 fully saturated rings. The van der Waals surface area contributed by atoms with Gasteiger partial charge in [0.1, 0.15) is 5.92 Å². The Hall–Kier alpha value is -1.26. The Bertz CT molecular complexity index is 244. The summed E-state index contributed by atoms with van der Waals surface area (Å²) in [6, 6.07) is 0. The molecule has 11 heavy (non-hydrogen) atoms. The number of carbonyl (C=O) groups excluding carboxylic acids is 2. The lowest BCUT2D eigenvalue weighted by Crippen LogP contribution is -2.40. The third kappa shape index (κ3) is 1.13. The molecular weight excluding hydrogens is 146 g/mol. The van der Waals surface area contributed by atoms with Gasteiger partial charge in [0, 0.05) is 0 Å². The molecule has 1 unspecified atom stereocenters. The maximum Gasteiger partial charge on any atom is 0.279 e. The second-order valence-corrected chi connectivity index (χ2v) is 3.03. The largest absolute Gasteiger partial charge is 0.369 e. The predicted molar refractivity (Wildman–Crippen MR) is 36.6 cm³/mol. The van der Waals surface area contributed by atoms with Crippen LogP contribution in [0.4, 0.5) is 0 Å². The summed E-state index contributed by atoms with van der Waals surface area (Å²) < 4.78 is 0. The Balaban J connectivity index is 2.96. The number of primary amides is 1. The van der Waals surface area contributed by atoms with Crippen molar-refractivity contribution in [3.05, 3.63) is 0 Å². The molecule has 1 aliphatic rings. The van der Waals surface area contributed by atoms with Crippen LogP contribution in [-0.2, 0) is 9.59 Å². The number of nitrogens with two attached hydrogens (primary N) is 1. The van der Waals surface area contributed by atoms with E-state index in [9.17, 15) is 9.59 Å². The van der Waals surface area contributed by atoms with Crippen molar-refractivity contribution < 1.29 is 9.59 Å². The first-order valence-corrected chi connectivity index (χ1v) is 3.21. The van der Waals surface area contributed by atoms with Gasteiger partial charge in [-0.25, -0.2) is 0 Å². The fourth-order valence-corrected chi connectivity index (χ4v) is 1.07. The van der Waals surface area contributed by atoms with Crippen LogP contribution in [-0.4, -0.2) is 17.4 Å². The number of carbonyl (C=O) groups is 2. The second-order valence-electron chi connectivity index (χ2n) is 3.03. The molecule has 0 aromatic rings. The van der Waals surface area contributed by atoms with E-state index < -0.39 is 23.3 Å². The number of azo groups is 1. The average molecular weight is 155 g/mol. The molecule has 0 aromatic carbocycles. The molecule has 0 spiro atoms. The minimum atomic E-state index is -0.887. The fourth-order valence-electron chi connectivity index (χ4n) is 1.07. The highest BCUT2D eigenvalue weighted by Crippen LogP contribution is 2.28. The van der Waals surface area contributed by atoms with Gasteiger partial charge in [-0.3, -0.25) is 9.59 Å². The van der Waals surface area contributed by atoms with Gasteiger partial charge in [-0.15, -0.1) is 5.11 Å². The van der Waals surface area contributed by atoms with Crippen LogP contribution in [0.2, 0.25) is 0 Å². The van der Waals surface area contributed by atoms with E-state index in [4.69, 9.17) is 5.73 Å². The van der Waals surface area contributed by atoms with E-state index in [1.807, 2.05) is 0 Å². The highest BCUT2D eigenvalue weighted by atomic mass is 16.2. The fraction of sp³-hybridized carbons (Fsp3) is 0.667. The lowest BCUT2D eigenvalue weighted by atomic mass is 9.88. The molecule has 1 heterocycles. The van der Waals surface area contributed by atoms with Crippen LogP contribution < -0.4 is 5.73 Å². The van der Waals surface area contributed by atoms with E-state index in [0.29, 0.717) is 0 Å². The summed E-state index contributed by atoms with van der Waals surface area (Å²) in [5, 5.41) is 6.90. The van der Waals surface area contributed by atoms with Gasteiger partial charge >= 0.3 is 0 Å². The van der Waals surface area contributed by atoms with Crippen molar-refractivity contribution in [2.45, 2.75) is 19.4 Å². The highest BCUT2D eigenvalue weighted by Gasteiger charge is 2.44. The first-order chi connectivity index (χ1) is 4.95. The van der Waals surface area contributed by atoms with E-state index >= 15 is 0 Å². The lowest BCUT2D eigenvalue weighted by molar-refractivity contribution is -0.131. The smallest absolute Gasteiger partial charge is 0.279 e. The van der Waals surface area contributed by atoms with Crippen LogP contribution in [0.3, 0.4) is 0 Å². The van der Waals surface area contributed by atoms with Crippen LogP contribution >= 0.6 is 0 Å². The molecule has 0 aromatic heterocycles. The molecule has 60 valence electrons. The first-order valence-electron chi connectivity index (χ1n) is 3.21. The molecule has 5 heteroatoms. The van der Waals surface area contributed by atoms with E-state index in [-0.39, 0.29) is 0 Å². The molecule has 2 amide bonds. The Labute approximate surface area is 63.7 Å². The van der Waals surface area contributed by atoms with Crippen molar-refractivity contribution in [3.8, 4) is 0 Å². The van der Waals surface area contributed by atoms with Crippen LogP contribution in [0.25, 0.3) is 0 Å². The summed E-state index contributed by atoms with van der Waals surface area (Å²) in [6.45, 7) is 3.30. The maximum absolute atomic E-state index is 10.9. The Morgan fingerprint density at radius 2 is 2.18 bits per heavy atom. The third-order valence-electron chi connectivity index (χ3n) is 1.64. The van der Waals surface area contributed by atoms with Gasteiger partial charge in [-0.2, -0.15) is 5.11 Å². The van der Waals surface area contributed by atoms with Gasteiger partial charge in [-0.1, -0.05) is 0 Å². The molecule has 2 N–H and O–H groups in total. The van der Waals surface area contributed by atoms with E-state index in [1.165, 1.54) is 0 Å². The number of hydrogen-bond donors (Lipinski definition) is 1. The molecule has 1 aliphatic heterocycles. The van der Waals surface area contributed by atoms with Crippen molar-refractivity contribution >= 4 is 11.8 Å². The van der Waals surface area contributed by atoms with Crippen LogP contribution in [0.1, 0.15) is 13.8 Å². The van der Waals surface area contributed by atoms with Crippen LogP contribution in [0.5, 0.6) is 0 Å². The number of nitrogens with zero attached hydrogens (tertiary/aromatic N) is 2.